The second-order valence-electron chi connectivity index (χ2n) is 5.41. The molecule has 0 bridgehead atoms. The van der Waals surface area contributed by atoms with Gasteiger partial charge in [-0.05, 0) is 25.0 Å². The molecule has 7 nitrogen and oxygen atoms in total. The largest absolute Gasteiger partial charge is 0.481 e. The van der Waals surface area contributed by atoms with Crippen molar-refractivity contribution in [2.24, 2.45) is 0 Å². The van der Waals surface area contributed by atoms with E-state index in [-0.39, 0.29) is 6.42 Å². The van der Waals surface area contributed by atoms with Crippen LogP contribution in [0.2, 0.25) is 0 Å². The highest BCUT2D eigenvalue weighted by Gasteiger charge is 2.16. The monoisotopic (exact) mass is 313 g/mol. The number of carboxylic acids is 1. The number of carbonyl (C=O) groups is 1. The molecule has 2 N–H and O–H groups in total. The maximum absolute atomic E-state index is 10.7. The molecule has 0 atom stereocenters. The first-order valence-electron chi connectivity index (χ1n) is 7.73. The number of aliphatic carboxylic acids is 1. The quantitative estimate of drug-likeness (QED) is 0.843. The molecule has 0 spiro atoms. The summed E-state index contributed by atoms with van der Waals surface area (Å²) in [6, 6.07) is 7.48. The molecule has 1 saturated heterocycles. The Morgan fingerprint density at radius 3 is 2.78 bits per heavy atom. The van der Waals surface area contributed by atoms with Crippen molar-refractivity contribution in [2.75, 3.05) is 29.9 Å². The summed E-state index contributed by atoms with van der Waals surface area (Å²) in [5, 5.41) is 11.8. The molecular formula is C16H19N5O2. The lowest BCUT2D eigenvalue weighted by Crippen LogP contribution is -2.20. The van der Waals surface area contributed by atoms with E-state index in [1.807, 2.05) is 24.3 Å². The normalized spacial score (nSPS) is 14.0. The van der Waals surface area contributed by atoms with Gasteiger partial charge in [0.2, 0.25) is 0 Å². The van der Waals surface area contributed by atoms with Crippen LogP contribution in [0.3, 0.4) is 0 Å². The predicted octanol–water partition coefficient (Wildman–Crippen LogP) is 2.03. The Morgan fingerprint density at radius 2 is 2.09 bits per heavy atom. The van der Waals surface area contributed by atoms with E-state index in [2.05, 4.69) is 25.2 Å². The number of aromatic nitrogens is 3. The lowest BCUT2D eigenvalue weighted by Gasteiger charge is -2.18. The van der Waals surface area contributed by atoms with Crippen molar-refractivity contribution in [3.63, 3.8) is 0 Å². The number of rotatable bonds is 6. The van der Waals surface area contributed by atoms with Crippen molar-refractivity contribution in [2.45, 2.75) is 19.3 Å². The van der Waals surface area contributed by atoms with Crippen LogP contribution in [-0.2, 0) is 4.79 Å². The zero-order chi connectivity index (χ0) is 16.1. The number of hydrogen-bond acceptors (Lipinski definition) is 6. The van der Waals surface area contributed by atoms with E-state index in [1.165, 1.54) is 0 Å². The molecule has 3 heterocycles. The first kappa shape index (κ1) is 15.2. The molecule has 1 fully saturated rings. The number of pyridine rings is 1. The Morgan fingerprint density at radius 1 is 1.26 bits per heavy atom. The molecular weight excluding hydrogens is 294 g/mol. The standard InChI is InChI=1S/C16H19N5O2/c22-15(23)6-8-18-13-11-14(21-9-3-4-10-21)20-16(19-13)12-5-1-2-7-17-12/h1-2,5,7,11H,3-4,6,8-10H2,(H,22,23)(H,18,19,20). The average Bonchev–Trinajstić information content (AvgIpc) is 3.10. The van der Waals surface area contributed by atoms with E-state index in [0.717, 1.165) is 31.7 Å². The molecule has 1 aliphatic rings. The van der Waals surface area contributed by atoms with Crippen molar-refractivity contribution in [1.29, 1.82) is 0 Å². The molecule has 23 heavy (non-hydrogen) atoms. The first-order chi connectivity index (χ1) is 11.2. The minimum Gasteiger partial charge on any atom is -0.481 e. The van der Waals surface area contributed by atoms with Gasteiger partial charge in [0.15, 0.2) is 5.82 Å². The molecule has 120 valence electrons. The smallest absolute Gasteiger partial charge is 0.305 e. The molecule has 0 unspecified atom stereocenters. The topological polar surface area (TPSA) is 91.2 Å². The van der Waals surface area contributed by atoms with Crippen molar-refractivity contribution in [1.82, 2.24) is 15.0 Å². The van der Waals surface area contributed by atoms with Crippen LogP contribution in [0.25, 0.3) is 11.5 Å². The Bertz CT molecular complexity index is 671. The summed E-state index contributed by atoms with van der Waals surface area (Å²) in [6.45, 7) is 2.29. The third-order valence-electron chi connectivity index (χ3n) is 3.68. The van der Waals surface area contributed by atoms with Gasteiger partial charge in [0.05, 0.1) is 6.42 Å². The predicted molar refractivity (Wildman–Crippen MR) is 87.5 cm³/mol. The molecule has 2 aromatic rings. The van der Waals surface area contributed by atoms with Gasteiger partial charge < -0.3 is 15.3 Å². The van der Waals surface area contributed by atoms with Crippen LogP contribution in [0.15, 0.2) is 30.5 Å². The van der Waals surface area contributed by atoms with E-state index < -0.39 is 5.97 Å². The highest BCUT2D eigenvalue weighted by Crippen LogP contribution is 2.24. The minimum absolute atomic E-state index is 0.0436. The Kier molecular flexibility index (Phi) is 4.65. The lowest BCUT2D eigenvalue weighted by molar-refractivity contribution is -0.136. The lowest BCUT2D eigenvalue weighted by atomic mass is 10.3. The average molecular weight is 313 g/mol. The van der Waals surface area contributed by atoms with Gasteiger partial charge in [-0.2, -0.15) is 0 Å². The maximum Gasteiger partial charge on any atom is 0.305 e. The highest BCUT2D eigenvalue weighted by molar-refractivity contribution is 5.67. The SMILES string of the molecule is O=C(O)CCNc1cc(N2CCCC2)nc(-c2ccccn2)n1. The van der Waals surface area contributed by atoms with Gasteiger partial charge in [-0.1, -0.05) is 6.07 Å². The second kappa shape index (κ2) is 7.04. The summed E-state index contributed by atoms with van der Waals surface area (Å²) < 4.78 is 0. The number of hydrogen-bond donors (Lipinski definition) is 2. The summed E-state index contributed by atoms with van der Waals surface area (Å²) in [4.78, 5) is 26.3. The summed E-state index contributed by atoms with van der Waals surface area (Å²) >= 11 is 0. The Labute approximate surface area is 134 Å². The molecule has 7 heteroatoms. The van der Waals surface area contributed by atoms with Gasteiger partial charge in [-0.25, -0.2) is 9.97 Å². The fourth-order valence-corrected chi connectivity index (χ4v) is 2.54. The molecule has 1 aliphatic heterocycles. The van der Waals surface area contributed by atoms with Crippen LogP contribution in [0.1, 0.15) is 19.3 Å². The van der Waals surface area contributed by atoms with Crippen LogP contribution in [0.5, 0.6) is 0 Å². The van der Waals surface area contributed by atoms with E-state index in [9.17, 15) is 4.79 Å². The zero-order valence-electron chi connectivity index (χ0n) is 12.8. The van der Waals surface area contributed by atoms with Crippen LogP contribution in [0.4, 0.5) is 11.6 Å². The summed E-state index contributed by atoms with van der Waals surface area (Å²) in [7, 11) is 0. The van der Waals surface area contributed by atoms with E-state index in [4.69, 9.17) is 5.11 Å². The van der Waals surface area contributed by atoms with Gasteiger partial charge in [0, 0.05) is 31.9 Å². The maximum atomic E-state index is 10.7. The summed E-state index contributed by atoms with van der Waals surface area (Å²) in [5.41, 5.74) is 0.704. The molecule has 3 rings (SSSR count). The molecule has 2 aromatic heterocycles. The van der Waals surface area contributed by atoms with Gasteiger partial charge in [0.1, 0.15) is 17.3 Å². The van der Waals surface area contributed by atoms with Crippen molar-refractivity contribution < 1.29 is 9.90 Å². The van der Waals surface area contributed by atoms with Crippen molar-refractivity contribution in [3.8, 4) is 11.5 Å². The Hall–Kier alpha value is -2.70. The van der Waals surface area contributed by atoms with E-state index in [1.54, 1.807) is 6.20 Å². The van der Waals surface area contributed by atoms with Crippen LogP contribution < -0.4 is 10.2 Å². The van der Waals surface area contributed by atoms with Crippen LogP contribution in [-0.4, -0.2) is 45.7 Å². The molecule has 0 aliphatic carbocycles. The first-order valence-corrected chi connectivity index (χ1v) is 7.73. The van der Waals surface area contributed by atoms with Crippen LogP contribution in [0, 0.1) is 0 Å². The van der Waals surface area contributed by atoms with Gasteiger partial charge in [-0.3, -0.25) is 9.78 Å². The van der Waals surface area contributed by atoms with Crippen molar-refractivity contribution >= 4 is 17.6 Å². The Balaban J connectivity index is 1.88. The highest BCUT2D eigenvalue weighted by atomic mass is 16.4. The second-order valence-corrected chi connectivity index (χ2v) is 5.41. The minimum atomic E-state index is -0.837. The van der Waals surface area contributed by atoms with Gasteiger partial charge in [0.25, 0.3) is 0 Å². The number of carboxylic acid groups (broad SMARTS) is 1. The van der Waals surface area contributed by atoms with E-state index >= 15 is 0 Å². The molecule has 0 amide bonds. The zero-order valence-corrected chi connectivity index (χ0v) is 12.8. The van der Waals surface area contributed by atoms with Crippen molar-refractivity contribution in [3.05, 3.63) is 30.5 Å². The third-order valence-corrected chi connectivity index (χ3v) is 3.68. The molecule has 0 saturated carbocycles. The number of nitrogens with zero attached hydrogens (tertiary/aromatic N) is 4. The summed E-state index contributed by atoms with van der Waals surface area (Å²) in [6.07, 6.45) is 4.07. The molecule has 0 aromatic carbocycles. The van der Waals surface area contributed by atoms with Crippen LogP contribution >= 0.6 is 0 Å². The van der Waals surface area contributed by atoms with Gasteiger partial charge >= 0.3 is 5.97 Å². The molecule has 0 radical (unpaired) electrons. The fourth-order valence-electron chi connectivity index (χ4n) is 2.54. The number of anilines is 2. The third kappa shape index (κ3) is 3.94. The van der Waals surface area contributed by atoms with E-state index in [0.29, 0.717) is 23.9 Å². The number of nitrogens with one attached hydrogen (secondary N) is 1. The van der Waals surface area contributed by atoms with Gasteiger partial charge in [-0.15, -0.1) is 0 Å². The fraction of sp³-hybridized carbons (Fsp3) is 0.375. The summed E-state index contributed by atoms with van der Waals surface area (Å²) in [5.74, 6) is 1.20.